The Morgan fingerprint density at radius 2 is 2.11 bits per heavy atom. The van der Waals surface area contributed by atoms with E-state index in [0.29, 0.717) is 0 Å². The van der Waals surface area contributed by atoms with Gasteiger partial charge in [0.25, 0.3) is 5.91 Å². The Morgan fingerprint density at radius 3 is 2.61 bits per heavy atom. The molecule has 18 heavy (non-hydrogen) atoms. The van der Waals surface area contributed by atoms with Crippen LogP contribution in [0.15, 0.2) is 12.1 Å². The van der Waals surface area contributed by atoms with Crippen molar-refractivity contribution in [3.05, 3.63) is 22.8 Å². The van der Waals surface area contributed by atoms with Crippen molar-refractivity contribution in [3.8, 4) is 0 Å². The summed E-state index contributed by atoms with van der Waals surface area (Å²) in [5, 5.41) is 1.55. The first-order valence-corrected chi connectivity index (χ1v) is 4.97. The zero-order valence-corrected chi connectivity index (χ0v) is 9.52. The van der Waals surface area contributed by atoms with E-state index in [1.807, 2.05) is 0 Å². The van der Waals surface area contributed by atoms with Gasteiger partial charge in [-0.2, -0.15) is 8.78 Å². The summed E-state index contributed by atoms with van der Waals surface area (Å²) in [6.07, 6.45) is -3.86. The van der Waals surface area contributed by atoms with Gasteiger partial charge in [-0.25, -0.2) is 13.8 Å². The van der Waals surface area contributed by atoms with Gasteiger partial charge in [-0.05, 0) is 12.1 Å². The average Bonchev–Trinajstić information content (AvgIpc) is 2.24. The SMILES string of the molecule is Nc1cc(C(=O)NCC(F)(F)C(F)F)cc(Cl)n1. The summed E-state index contributed by atoms with van der Waals surface area (Å²) in [7, 11) is 0. The smallest absolute Gasteiger partial charge is 0.324 e. The fourth-order valence-electron chi connectivity index (χ4n) is 1.03. The molecule has 0 spiro atoms. The fourth-order valence-corrected chi connectivity index (χ4v) is 1.24. The number of nitrogens with zero attached hydrogens (tertiary/aromatic N) is 1. The third-order valence-corrected chi connectivity index (χ3v) is 2.07. The second kappa shape index (κ2) is 5.38. The molecule has 0 saturated carbocycles. The molecule has 0 radical (unpaired) electrons. The van der Waals surface area contributed by atoms with Crippen molar-refractivity contribution >= 4 is 23.3 Å². The number of nitrogens with two attached hydrogens (primary N) is 1. The largest absolute Gasteiger partial charge is 0.384 e. The molecule has 4 nitrogen and oxygen atoms in total. The van der Waals surface area contributed by atoms with Crippen molar-refractivity contribution in [1.29, 1.82) is 0 Å². The van der Waals surface area contributed by atoms with Crippen molar-refractivity contribution in [1.82, 2.24) is 10.3 Å². The zero-order valence-electron chi connectivity index (χ0n) is 8.76. The van der Waals surface area contributed by atoms with Gasteiger partial charge in [-0.15, -0.1) is 0 Å². The molecule has 1 amide bonds. The highest BCUT2D eigenvalue weighted by Crippen LogP contribution is 2.21. The summed E-state index contributed by atoms with van der Waals surface area (Å²) in [5.74, 6) is -5.38. The van der Waals surface area contributed by atoms with Gasteiger partial charge in [0.05, 0.1) is 6.54 Å². The van der Waals surface area contributed by atoms with E-state index in [9.17, 15) is 22.4 Å². The van der Waals surface area contributed by atoms with E-state index in [1.54, 1.807) is 5.32 Å². The molecule has 1 aromatic rings. The monoisotopic (exact) mass is 285 g/mol. The number of carbonyl (C=O) groups is 1. The highest BCUT2D eigenvalue weighted by atomic mass is 35.5. The molecule has 0 atom stereocenters. The molecule has 0 bridgehead atoms. The number of amides is 1. The number of anilines is 1. The number of hydrogen-bond donors (Lipinski definition) is 2. The first-order chi connectivity index (χ1) is 8.22. The molecule has 0 unspecified atom stereocenters. The minimum absolute atomic E-state index is 0.0896. The number of pyridine rings is 1. The van der Waals surface area contributed by atoms with Crippen LogP contribution in [-0.4, -0.2) is 29.8 Å². The van der Waals surface area contributed by atoms with Crippen LogP contribution in [0.2, 0.25) is 5.15 Å². The molecule has 100 valence electrons. The van der Waals surface area contributed by atoms with Crippen LogP contribution in [0.4, 0.5) is 23.4 Å². The van der Waals surface area contributed by atoms with Crippen LogP contribution in [0.3, 0.4) is 0 Å². The molecule has 3 N–H and O–H groups in total. The Kier molecular flexibility index (Phi) is 4.33. The predicted molar refractivity (Wildman–Crippen MR) is 56.9 cm³/mol. The summed E-state index contributed by atoms with van der Waals surface area (Å²) in [6.45, 7) is -1.48. The van der Waals surface area contributed by atoms with Crippen LogP contribution in [-0.2, 0) is 0 Å². The van der Waals surface area contributed by atoms with Crippen molar-refractivity contribution in [2.45, 2.75) is 12.3 Å². The van der Waals surface area contributed by atoms with E-state index >= 15 is 0 Å². The van der Waals surface area contributed by atoms with Gasteiger partial charge in [0.15, 0.2) is 0 Å². The zero-order chi connectivity index (χ0) is 13.9. The molecule has 1 rings (SSSR count). The average molecular weight is 286 g/mol. The minimum Gasteiger partial charge on any atom is -0.384 e. The molecule has 0 aliphatic heterocycles. The standard InChI is InChI=1S/C9H8ClF4N3O/c10-5-1-4(2-6(15)17-5)7(18)16-3-9(13,14)8(11)12/h1-2,8H,3H2,(H2,15,17)(H,16,18). The van der Waals surface area contributed by atoms with Gasteiger partial charge in [0, 0.05) is 5.56 Å². The molecule has 1 aromatic heterocycles. The van der Waals surface area contributed by atoms with E-state index in [1.165, 1.54) is 0 Å². The van der Waals surface area contributed by atoms with Gasteiger partial charge in [0.1, 0.15) is 11.0 Å². The normalized spacial score (nSPS) is 11.7. The van der Waals surface area contributed by atoms with Gasteiger partial charge in [0.2, 0.25) is 0 Å². The van der Waals surface area contributed by atoms with Crippen LogP contribution in [0.25, 0.3) is 0 Å². The molecular weight excluding hydrogens is 278 g/mol. The van der Waals surface area contributed by atoms with Crippen molar-refractivity contribution in [3.63, 3.8) is 0 Å². The number of halogens is 5. The van der Waals surface area contributed by atoms with Crippen molar-refractivity contribution in [2.24, 2.45) is 0 Å². The number of carbonyl (C=O) groups excluding carboxylic acids is 1. The van der Waals surface area contributed by atoms with Gasteiger partial charge >= 0.3 is 12.3 Å². The van der Waals surface area contributed by atoms with Crippen LogP contribution in [0.1, 0.15) is 10.4 Å². The Balaban J connectivity index is 2.72. The molecule has 0 saturated heterocycles. The van der Waals surface area contributed by atoms with E-state index < -0.39 is 24.8 Å². The van der Waals surface area contributed by atoms with Crippen LogP contribution < -0.4 is 11.1 Å². The Hall–Kier alpha value is -1.57. The lowest BCUT2D eigenvalue weighted by atomic mass is 10.2. The highest BCUT2D eigenvalue weighted by molar-refractivity contribution is 6.29. The maximum atomic E-state index is 12.6. The molecule has 1 heterocycles. The number of aromatic nitrogens is 1. The summed E-state index contributed by atoms with van der Waals surface area (Å²) in [5.41, 5.74) is 5.14. The molecule has 0 fully saturated rings. The number of nitrogens with one attached hydrogen (secondary N) is 1. The molecule has 0 aliphatic rings. The topological polar surface area (TPSA) is 68.0 Å². The van der Waals surface area contributed by atoms with E-state index in [4.69, 9.17) is 17.3 Å². The van der Waals surface area contributed by atoms with E-state index in [0.717, 1.165) is 12.1 Å². The van der Waals surface area contributed by atoms with Crippen LogP contribution in [0.5, 0.6) is 0 Å². The van der Waals surface area contributed by atoms with Crippen molar-refractivity contribution < 1.29 is 22.4 Å². The lowest BCUT2D eigenvalue weighted by Gasteiger charge is -2.15. The van der Waals surface area contributed by atoms with E-state index in [2.05, 4.69) is 4.98 Å². The molecule has 0 aromatic carbocycles. The van der Waals surface area contributed by atoms with Crippen LogP contribution in [0, 0.1) is 0 Å². The van der Waals surface area contributed by atoms with Crippen LogP contribution >= 0.6 is 11.6 Å². The maximum absolute atomic E-state index is 12.6. The first kappa shape index (κ1) is 14.5. The highest BCUT2D eigenvalue weighted by Gasteiger charge is 2.40. The number of rotatable bonds is 4. The summed E-state index contributed by atoms with van der Waals surface area (Å²) >= 11 is 5.50. The fraction of sp³-hybridized carbons (Fsp3) is 0.333. The third-order valence-electron chi connectivity index (χ3n) is 1.88. The van der Waals surface area contributed by atoms with Gasteiger partial charge < -0.3 is 11.1 Å². The number of alkyl halides is 4. The molecule has 9 heteroatoms. The first-order valence-electron chi connectivity index (χ1n) is 4.59. The predicted octanol–water partition coefficient (Wildman–Crippen LogP) is 1.95. The van der Waals surface area contributed by atoms with Crippen molar-refractivity contribution in [2.75, 3.05) is 12.3 Å². The van der Waals surface area contributed by atoms with Gasteiger partial charge in [-0.1, -0.05) is 11.6 Å². The number of nitrogen functional groups attached to an aromatic ring is 1. The Morgan fingerprint density at radius 1 is 1.50 bits per heavy atom. The third kappa shape index (κ3) is 3.73. The quantitative estimate of drug-likeness (QED) is 0.656. The van der Waals surface area contributed by atoms with E-state index in [-0.39, 0.29) is 16.5 Å². The summed E-state index contributed by atoms with van der Waals surface area (Å²) in [4.78, 5) is 14.9. The Bertz CT molecular complexity index is 435. The number of hydrogen-bond acceptors (Lipinski definition) is 3. The Labute approximate surface area is 104 Å². The lowest BCUT2D eigenvalue weighted by molar-refractivity contribution is -0.123. The second-order valence-corrected chi connectivity index (χ2v) is 3.74. The maximum Gasteiger partial charge on any atom is 0.324 e. The van der Waals surface area contributed by atoms with Gasteiger partial charge in [-0.3, -0.25) is 4.79 Å². The lowest BCUT2D eigenvalue weighted by Crippen LogP contribution is -2.41. The molecular formula is C9H8ClF4N3O. The summed E-state index contributed by atoms with van der Waals surface area (Å²) < 4.78 is 48.8. The second-order valence-electron chi connectivity index (χ2n) is 3.35. The summed E-state index contributed by atoms with van der Waals surface area (Å²) in [6, 6.07) is 2.16. The minimum atomic E-state index is -4.29. The molecule has 0 aliphatic carbocycles.